The van der Waals surface area contributed by atoms with E-state index in [0.29, 0.717) is 22.5 Å². The van der Waals surface area contributed by atoms with Crippen molar-refractivity contribution in [3.63, 3.8) is 0 Å². The van der Waals surface area contributed by atoms with Crippen LogP contribution < -0.4 is 10.2 Å². The third-order valence-corrected chi connectivity index (χ3v) is 7.10. The number of morpholine rings is 1. The molecule has 12 heteroatoms. The molecule has 176 valence electrons. The predicted molar refractivity (Wildman–Crippen MR) is 114 cm³/mol. The number of amides is 2. The van der Waals surface area contributed by atoms with Crippen LogP contribution in [0.15, 0.2) is 16.9 Å². The molecule has 2 fully saturated rings. The van der Waals surface area contributed by atoms with Crippen molar-refractivity contribution in [3.8, 4) is 11.5 Å². The molecule has 2 amide bonds. The molecule has 1 N–H and O–H groups in total. The maximum Gasteiger partial charge on any atom is 0.242 e. The molecule has 4 atom stereocenters. The normalized spacial score (nSPS) is 28.9. The average molecular weight is 468 g/mol. The third kappa shape index (κ3) is 2.59. The number of hydrogen-bond donors (Lipinski definition) is 1. The van der Waals surface area contributed by atoms with E-state index in [4.69, 9.17) is 9.26 Å². The van der Waals surface area contributed by atoms with Crippen molar-refractivity contribution >= 4 is 34.3 Å². The quantitative estimate of drug-likeness (QED) is 0.409. The first-order chi connectivity index (χ1) is 16.2. The van der Waals surface area contributed by atoms with Gasteiger partial charge in [0.2, 0.25) is 17.4 Å². The highest BCUT2D eigenvalue weighted by molar-refractivity contribution is 6.22. The van der Waals surface area contributed by atoms with Gasteiger partial charge in [-0.3, -0.25) is 19.7 Å². The number of rotatable bonds is 1. The number of nitrogens with one attached hydrogen (secondary N) is 1. The number of benzene rings is 1. The van der Waals surface area contributed by atoms with Crippen LogP contribution in [0.4, 0.5) is 10.1 Å². The van der Waals surface area contributed by atoms with Gasteiger partial charge in [0.1, 0.15) is 11.7 Å². The zero-order valence-corrected chi connectivity index (χ0v) is 18.7. The molecule has 6 rings (SSSR count). The van der Waals surface area contributed by atoms with Crippen molar-refractivity contribution in [1.29, 1.82) is 0 Å². The molecule has 11 nitrogen and oxygen atoms in total. The highest BCUT2D eigenvalue weighted by Gasteiger charge is 2.62. The van der Waals surface area contributed by atoms with E-state index in [9.17, 15) is 14.4 Å². The Morgan fingerprint density at radius 2 is 2.06 bits per heavy atom. The summed E-state index contributed by atoms with van der Waals surface area (Å²) in [6.07, 6.45) is -0.00572. The number of carbonyl (C=O) groups excluding carboxylic acids is 3. The van der Waals surface area contributed by atoms with Crippen LogP contribution in [0.1, 0.15) is 25.8 Å². The number of ketones is 1. The largest absolute Gasteiger partial charge is 0.372 e. The second-order valence-electron chi connectivity index (χ2n) is 9.19. The van der Waals surface area contributed by atoms with Gasteiger partial charge in [-0.15, -0.1) is 0 Å². The molecule has 2 aromatic heterocycles. The van der Waals surface area contributed by atoms with Gasteiger partial charge in [0.25, 0.3) is 0 Å². The number of aromatic nitrogens is 4. The number of hydrogen-bond acceptors (Lipinski definition) is 9. The SMILES string of the molecule is C[C@@H]1CN2c3c(cc4c(-c5ncnn5C)noc4c3F)CC3(C(=O)CC(=O)NC3=O)[C@H]2[C@H](C)O1. The van der Waals surface area contributed by atoms with Crippen LogP contribution in [0.2, 0.25) is 0 Å². The highest BCUT2D eigenvalue weighted by atomic mass is 19.1. The van der Waals surface area contributed by atoms with E-state index in [1.807, 2.05) is 6.92 Å². The molecule has 3 aliphatic heterocycles. The van der Waals surface area contributed by atoms with Crippen molar-refractivity contribution in [2.24, 2.45) is 12.5 Å². The number of carbonyl (C=O) groups is 3. The Morgan fingerprint density at radius 1 is 1.26 bits per heavy atom. The number of ether oxygens (including phenoxy) is 1. The minimum Gasteiger partial charge on any atom is -0.372 e. The number of Topliss-reactive ketones (excluding diaryl/α,β-unsaturated/α-hetero) is 1. The van der Waals surface area contributed by atoms with Crippen molar-refractivity contribution in [2.45, 2.75) is 44.9 Å². The lowest BCUT2D eigenvalue weighted by molar-refractivity contribution is -0.158. The summed E-state index contributed by atoms with van der Waals surface area (Å²) < 4.78 is 28.9. The van der Waals surface area contributed by atoms with Gasteiger partial charge < -0.3 is 14.2 Å². The third-order valence-electron chi connectivity index (χ3n) is 7.10. The van der Waals surface area contributed by atoms with E-state index >= 15 is 4.39 Å². The molecule has 1 spiro atoms. The lowest BCUT2D eigenvalue weighted by Crippen LogP contribution is -2.72. The number of imide groups is 1. The predicted octanol–water partition coefficient (Wildman–Crippen LogP) is 0.903. The molecule has 0 saturated carbocycles. The first kappa shape index (κ1) is 20.9. The highest BCUT2D eigenvalue weighted by Crippen LogP contribution is 2.50. The summed E-state index contributed by atoms with van der Waals surface area (Å²) in [6, 6.07) is 0.901. The Morgan fingerprint density at radius 3 is 2.76 bits per heavy atom. The van der Waals surface area contributed by atoms with E-state index in [-0.39, 0.29) is 30.3 Å². The van der Waals surface area contributed by atoms with E-state index < -0.39 is 47.4 Å². The first-order valence-electron chi connectivity index (χ1n) is 11.0. The minimum atomic E-state index is -1.59. The average Bonchev–Trinajstić information content (AvgIpc) is 3.37. The number of aryl methyl sites for hydroxylation is 1. The zero-order chi connectivity index (χ0) is 23.9. The molecule has 2 saturated heterocycles. The standard InChI is InChI=1S/C22H21FN6O5/c1-9-7-29-17-11(4-12-16(20-24-8-25-28(20)3)27-34-18(12)15(17)23)6-22(19(29)10(2)33-9)13(30)5-14(31)26-21(22)32/h4,8-10,19H,5-7H2,1-3H3,(H,26,31,32)/t9-,10+,19-,22?/m1/s1. The van der Waals surface area contributed by atoms with Crippen LogP contribution in [-0.4, -0.2) is 62.3 Å². The minimum absolute atomic E-state index is 0.0483. The molecule has 34 heavy (non-hydrogen) atoms. The zero-order valence-electron chi connectivity index (χ0n) is 18.7. The lowest BCUT2D eigenvalue weighted by Gasteiger charge is -2.55. The van der Waals surface area contributed by atoms with Crippen LogP contribution in [-0.2, 0) is 32.6 Å². The molecule has 0 aliphatic carbocycles. The molecule has 3 aromatic rings. The summed E-state index contributed by atoms with van der Waals surface area (Å²) in [7, 11) is 1.68. The van der Waals surface area contributed by atoms with Crippen molar-refractivity contribution in [3.05, 3.63) is 23.8 Å². The van der Waals surface area contributed by atoms with Gasteiger partial charge in [-0.1, -0.05) is 5.16 Å². The van der Waals surface area contributed by atoms with E-state index in [0.717, 1.165) is 0 Å². The second-order valence-corrected chi connectivity index (χ2v) is 9.19. The second kappa shape index (κ2) is 6.92. The Balaban J connectivity index is 1.61. The summed E-state index contributed by atoms with van der Waals surface area (Å²) in [5, 5.41) is 10.8. The maximum atomic E-state index is 16.0. The van der Waals surface area contributed by atoms with Gasteiger partial charge in [-0.25, -0.2) is 14.1 Å². The number of fused-ring (bicyclic) bond motifs is 5. The van der Waals surface area contributed by atoms with Gasteiger partial charge in [-0.2, -0.15) is 5.10 Å². The van der Waals surface area contributed by atoms with Crippen LogP contribution in [0.25, 0.3) is 22.5 Å². The fourth-order valence-corrected chi connectivity index (χ4v) is 5.82. The van der Waals surface area contributed by atoms with Crippen LogP contribution in [0.5, 0.6) is 0 Å². The summed E-state index contributed by atoms with van der Waals surface area (Å²) in [5.41, 5.74) is -0.641. The molecule has 3 aliphatic rings. The molecule has 1 aromatic carbocycles. The molecular weight excluding hydrogens is 447 g/mol. The summed E-state index contributed by atoms with van der Waals surface area (Å²) in [4.78, 5) is 44.5. The van der Waals surface area contributed by atoms with Crippen LogP contribution >= 0.6 is 0 Å². The number of nitrogens with zero attached hydrogens (tertiary/aromatic N) is 5. The number of halogens is 1. The van der Waals surface area contributed by atoms with Gasteiger partial charge in [0.15, 0.2) is 23.1 Å². The summed E-state index contributed by atoms with van der Waals surface area (Å²) >= 11 is 0. The Kier molecular flexibility index (Phi) is 4.25. The first-order valence-corrected chi connectivity index (χ1v) is 11.0. The monoisotopic (exact) mass is 468 g/mol. The smallest absolute Gasteiger partial charge is 0.242 e. The molecule has 5 heterocycles. The van der Waals surface area contributed by atoms with Gasteiger partial charge in [0, 0.05) is 13.6 Å². The number of piperidine rings is 1. The van der Waals surface area contributed by atoms with E-state index in [1.54, 1.807) is 24.9 Å². The Hall–Kier alpha value is -3.67. The van der Waals surface area contributed by atoms with Gasteiger partial charge in [0.05, 0.1) is 35.7 Å². The fraction of sp³-hybridized carbons (Fsp3) is 0.455. The summed E-state index contributed by atoms with van der Waals surface area (Å²) in [5.74, 6) is -2.06. The maximum absolute atomic E-state index is 16.0. The Bertz CT molecular complexity index is 1380. The number of anilines is 1. The van der Waals surface area contributed by atoms with Gasteiger partial charge in [-0.05, 0) is 31.9 Å². The van der Waals surface area contributed by atoms with Crippen molar-refractivity contribution in [1.82, 2.24) is 25.2 Å². The van der Waals surface area contributed by atoms with E-state index in [1.165, 1.54) is 11.0 Å². The fourth-order valence-electron chi connectivity index (χ4n) is 5.82. The topological polar surface area (TPSA) is 132 Å². The van der Waals surface area contributed by atoms with Gasteiger partial charge >= 0.3 is 0 Å². The Labute approximate surface area is 192 Å². The van der Waals surface area contributed by atoms with Crippen molar-refractivity contribution in [2.75, 3.05) is 11.4 Å². The molecule has 0 bridgehead atoms. The molecule has 0 radical (unpaired) electrons. The summed E-state index contributed by atoms with van der Waals surface area (Å²) in [6.45, 7) is 3.86. The van der Waals surface area contributed by atoms with E-state index in [2.05, 4.69) is 20.6 Å². The molecule has 1 unspecified atom stereocenters. The van der Waals surface area contributed by atoms with Crippen LogP contribution in [0.3, 0.4) is 0 Å². The molecular formula is C22H21FN6O5. The lowest BCUT2D eigenvalue weighted by atomic mass is 9.63. The van der Waals surface area contributed by atoms with Crippen LogP contribution in [0, 0.1) is 11.2 Å². The van der Waals surface area contributed by atoms with Crippen molar-refractivity contribution < 1.29 is 28.0 Å².